The van der Waals surface area contributed by atoms with Gasteiger partial charge >= 0.3 is 0 Å². The minimum Gasteiger partial charge on any atom is -0.363 e. The van der Waals surface area contributed by atoms with E-state index in [0.717, 1.165) is 6.07 Å². The number of anilines is 1. The summed E-state index contributed by atoms with van der Waals surface area (Å²) in [5.41, 5.74) is -0.0586. The molecule has 0 bridgehead atoms. The second-order valence-corrected chi connectivity index (χ2v) is 7.91. The first kappa shape index (κ1) is 25.6. The Morgan fingerprint density at radius 2 is 2.00 bits per heavy atom. The molecule has 1 saturated heterocycles. The number of halogens is 4. The van der Waals surface area contributed by atoms with Crippen LogP contribution < -0.4 is 10.6 Å². The molecule has 0 aliphatic carbocycles. The van der Waals surface area contributed by atoms with Gasteiger partial charge in [-0.25, -0.2) is 27.5 Å². The number of alkyl halides is 2. The Balaban J connectivity index is 1.87. The van der Waals surface area contributed by atoms with Gasteiger partial charge in [0.05, 0.1) is 48.3 Å². The topological polar surface area (TPSA) is 85.4 Å². The Kier molecular flexibility index (Phi) is 8.21. The first-order chi connectivity index (χ1) is 16.1. The Hall–Kier alpha value is -3.05. The predicted octanol–water partition coefficient (Wildman–Crippen LogP) is 4.48. The smallest absolute Gasteiger partial charge is 0.273 e. The number of nitrogens with zero attached hydrogens (tertiary/aromatic N) is 2. The van der Waals surface area contributed by atoms with Crippen molar-refractivity contribution in [2.24, 2.45) is 0 Å². The third kappa shape index (κ3) is 6.29. The Labute approximate surface area is 194 Å². The summed E-state index contributed by atoms with van der Waals surface area (Å²) >= 11 is 0. The molecule has 0 radical (unpaired) electrons. The standard InChI is InChI=1S/C23H26F4N4O3/c1-13(24)7-8-28-18(32)11-17-19(22-33-9-10-34-22)21(30-12-29-17)31-14(2)15-5-4-6-16(20(15)25)23(3,26)27/h4-6,12,14,22H,1,7-11H2,2-3H3,(H,28,32)(H,29,30,31)/t14-/m1/s1. The molecule has 2 aromatic rings. The number of benzene rings is 1. The molecule has 34 heavy (non-hydrogen) atoms. The molecule has 11 heteroatoms. The van der Waals surface area contributed by atoms with Crippen LogP contribution in [-0.2, 0) is 26.6 Å². The van der Waals surface area contributed by atoms with E-state index < -0.39 is 41.4 Å². The highest BCUT2D eigenvalue weighted by Gasteiger charge is 2.31. The fourth-order valence-electron chi connectivity index (χ4n) is 3.52. The second-order valence-electron chi connectivity index (χ2n) is 7.91. The van der Waals surface area contributed by atoms with Gasteiger partial charge in [0.25, 0.3) is 5.92 Å². The van der Waals surface area contributed by atoms with Crippen LogP contribution in [0.5, 0.6) is 0 Å². The number of carbonyl (C=O) groups is 1. The van der Waals surface area contributed by atoms with Gasteiger partial charge in [-0.15, -0.1) is 0 Å². The number of ether oxygens (including phenoxy) is 2. The molecule has 184 valence electrons. The van der Waals surface area contributed by atoms with Gasteiger partial charge in [-0.05, 0) is 6.92 Å². The van der Waals surface area contributed by atoms with Crippen LogP contribution in [0, 0.1) is 5.82 Å². The average Bonchev–Trinajstić information content (AvgIpc) is 3.27. The zero-order valence-electron chi connectivity index (χ0n) is 18.8. The fourth-order valence-corrected chi connectivity index (χ4v) is 3.52. The molecule has 2 heterocycles. The Bertz CT molecular complexity index is 1040. The molecule has 1 aliphatic rings. The predicted molar refractivity (Wildman–Crippen MR) is 116 cm³/mol. The molecule has 3 rings (SSSR count). The van der Waals surface area contributed by atoms with Crippen molar-refractivity contribution >= 4 is 11.7 Å². The lowest BCUT2D eigenvalue weighted by Gasteiger charge is -2.23. The lowest BCUT2D eigenvalue weighted by atomic mass is 10.0. The summed E-state index contributed by atoms with van der Waals surface area (Å²) in [4.78, 5) is 20.7. The molecular formula is C23H26F4N4O3. The molecule has 0 spiro atoms. The highest BCUT2D eigenvalue weighted by molar-refractivity contribution is 5.79. The zero-order chi connectivity index (χ0) is 24.9. The van der Waals surface area contributed by atoms with E-state index in [9.17, 15) is 22.4 Å². The number of hydrogen-bond acceptors (Lipinski definition) is 6. The summed E-state index contributed by atoms with van der Waals surface area (Å²) in [6, 6.07) is 3.03. The van der Waals surface area contributed by atoms with Crippen LogP contribution in [-0.4, -0.2) is 35.6 Å². The SMILES string of the molecule is C=C(F)CCNC(=O)Cc1ncnc(N[C@H](C)c2cccc(C(C)(F)F)c2F)c1C1OCCO1. The molecule has 7 nitrogen and oxygen atoms in total. The lowest BCUT2D eigenvalue weighted by molar-refractivity contribution is -0.120. The maximum Gasteiger partial charge on any atom is 0.273 e. The van der Waals surface area contributed by atoms with Gasteiger partial charge in [0.2, 0.25) is 5.91 Å². The van der Waals surface area contributed by atoms with Crippen LogP contribution in [0.3, 0.4) is 0 Å². The van der Waals surface area contributed by atoms with Gasteiger partial charge in [-0.2, -0.15) is 0 Å². The number of nitrogens with one attached hydrogen (secondary N) is 2. The largest absolute Gasteiger partial charge is 0.363 e. The van der Waals surface area contributed by atoms with Crippen LogP contribution in [0.4, 0.5) is 23.4 Å². The molecule has 1 fully saturated rings. The third-order valence-electron chi connectivity index (χ3n) is 5.19. The maximum absolute atomic E-state index is 14.9. The van der Waals surface area contributed by atoms with Gasteiger partial charge in [0, 0.05) is 25.5 Å². The number of aromatic nitrogens is 2. The van der Waals surface area contributed by atoms with Crippen molar-refractivity contribution in [2.75, 3.05) is 25.1 Å². The Morgan fingerprint density at radius 1 is 1.29 bits per heavy atom. The highest BCUT2D eigenvalue weighted by atomic mass is 19.3. The second kappa shape index (κ2) is 10.9. The third-order valence-corrected chi connectivity index (χ3v) is 5.19. The average molecular weight is 482 g/mol. The van der Waals surface area contributed by atoms with Gasteiger partial charge < -0.3 is 20.1 Å². The van der Waals surface area contributed by atoms with Gasteiger partial charge in [-0.3, -0.25) is 4.79 Å². The molecule has 0 unspecified atom stereocenters. The van der Waals surface area contributed by atoms with Crippen LogP contribution in [0.2, 0.25) is 0 Å². The van der Waals surface area contributed by atoms with Crippen LogP contribution >= 0.6 is 0 Å². The molecule has 1 amide bonds. The summed E-state index contributed by atoms with van der Waals surface area (Å²) in [6.07, 6.45) is 0.157. The van der Waals surface area contributed by atoms with Gasteiger partial charge in [0.1, 0.15) is 18.0 Å². The van der Waals surface area contributed by atoms with E-state index in [1.54, 1.807) is 6.92 Å². The van der Waals surface area contributed by atoms with Crippen molar-refractivity contribution in [3.63, 3.8) is 0 Å². The number of hydrogen-bond donors (Lipinski definition) is 2. The van der Waals surface area contributed by atoms with E-state index in [4.69, 9.17) is 9.47 Å². The highest BCUT2D eigenvalue weighted by Crippen LogP contribution is 2.35. The van der Waals surface area contributed by atoms with Crippen molar-refractivity contribution in [1.29, 1.82) is 0 Å². The van der Waals surface area contributed by atoms with E-state index in [0.29, 0.717) is 31.4 Å². The quantitative estimate of drug-likeness (QED) is 0.486. The summed E-state index contributed by atoms with van der Waals surface area (Å²) in [7, 11) is 0. The molecule has 2 N–H and O–H groups in total. The molecule has 0 saturated carbocycles. The van der Waals surface area contributed by atoms with E-state index in [2.05, 4.69) is 27.2 Å². The molecule has 1 atom stereocenters. The maximum atomic E-state index is 14.9. The molecule has 1 aromatic carbocycles. The summed E-state index contributed by atoms with van der Waals surface area (Å²) < 4.78 is 66.4. The minimum absolute atomic E-state index is 0.0109. The minimum atomic E-state index is -3.35. The van der Waals surface area contributed by atoms with E-state index in [1.807, 2.05) is 0 Å². The van der Waals surface area contributed by atoms with E-state index >= 15 is 0 Å². The van der Waals surface area contributed by atoms with Crippen molar-refractivity contribution in [3.05, 3.63) is 65.1 Å². The molecular weight excluding hydrogens is 456 g/mol. The zero-order valence-corrected chi connectivity index (χ0v) is 18.8. The first-order valence-electron chi connectivity index (χ1n) is 10.7. The van der Waals surface area contributed by atoms with Crippen molar-refractivity contribution in [2.45, 2.75) is 44.9 Å². The van der Waals surface area contributed by atoms with Crippen molar-refractivity contribution in [3.8, 4) is 0 Å². The monoisotopic (exact) mass is 482 g/mol. The van der Waals surface area contributed by atoms with Crippen LogP contribution in [0.25, 0.3) is 0 Å². The van der Waals surface area contributed by atoms with Gasteiger partial charge in [0.15, 0.2) is 6.29 Å². The van der Waals surface area contributed by atoms with Crippen molar-refractivity contribution in [1.82, 2.24) is 15.3 Å². The van der Waals surface area contributed by atoms with Gasteiger partial charge in [-0.1, -0.05) is 24.8 Å². The fraction of sp³-hybridized carbons (Fsp3) is 0.435. The number of rotatable bonds is 10. The normalized spacial score (nSPS) is 15.2. The summed E-state index contributed by atoms with van der Waals surface area (Å²) in [6.45, 7) is 6.05. The summed E-state index contributed by atoms with van der Waals surface area (Å²) in [5.74, 6) is -5.12. The number of carbonyl (C=O) groups excluding carboxylic acids is 1. The first-order valence-corrected chi connectivity index (χ1v) is 10.7. The molecule has 1 aliphatic heterocycles. The lowest BCUT2D eigenvalue weighted by Crippen LogP contribution is -2.27. The van der Waals surface area contributed by atoms with Crippen molar-refractivity contribution < 1.29 is 31.8 Å². The van der Waals surface area contributed by atoms with E-state index in [1.165, 1.54) is 18.5 Å². The van der Waals surface area contributed by atoms with E-state index in [-0.39, 0.29) is 30.8 Å². The van der Waals surface area contributed by atoms with Crippen LogP contribution in [0.15, 0.2) is 36.9 Å². The Morgan fingerprint density at radius 3 is 2.65 bits per heavy atom. The van der Waals surface area contributed by atoms with Crippen LogP contribution in [0.1, 0.15) is 55.0 Å². The summed E-state index contributed by atoms with van der Waals surface area (Å²) in [5, 5.41) is 5.58. The number of amides is 1. The molecule has 1 aromatic heterocycles.